The molecule has 0 aromatic heterocycles. The molecule has 7 heteroatoms. The van der Waals surface area contributed by atoms with Crippen molar-refractivity contribution in [3.05, 3.63) is 18.2 Å². The topological polar surface area (TPSA) is 84.7 Å². The van der Waals surface area contributed by atoms with Crippen molar-refractivity contribution < 1.29 is 13.2 Å². The average molecular weight is 299 g/mol. The van der Waals surface area contributed by atoms with E-state index in [0.29, 0.717) is 24.6 Å². The number of nitrogen functional groups attached to an aromatic ring is 1. The van der Waals surface area contributed by atoms with Crippen LogP contribution in [0.5, 0.6) is 0 Å². The predicted octanol–water partition coefficient (Wildman–Crippen LogP) is 1.11. The third-order valence-corrected chi connectivity index (χ3v) is 5.27. The standard InChI is InChI=1S/C13H21N3O3S/c1-13(6-7-19-9-13)15-12-8-10(4-5-11(12)14)20(17,18)16(2)3/h4-5,8,15H,6-7,9,14H2,1-3H3. The summed E-state index contributed by atoms with van der Waals surface area (Å²) in [5, 5.41) is 3.30. The molecule has 1 unspecified atom stereocenters. The lowest BCUT2D eigenvalue weighted by Crippen LogP contribution is -2.35. The third-order valence-electron chi connectivity index (χ3n) is 3.46. The Morgan fingerprint density at radius 3 is 2.65 bits per heavy atom. The largest absolute Gasteiger partial charge is 0.397 e. The van der Waals surface area contributed by atoms with Crippen LogP contribution < -0.4 is 11.1 Å². The fourth-order valence-corrected chi connectivity index (χ4v) is 3.03. The van der Waals surface area contributed by atoms with E-state index < -0.39 is 10.0 Å². The Bertz CT molecular complexity index is 593. The monoisotopic (exact) mass is 299 g/mol. The zero-order valence-electron chi connectivity index (χ0n) is 12.0. The van der Waals surface area contributed by atoms with Crippen molar-refractivity contribution in [2.24, 2.45) is 0 Å². The molecule has 0 radical (unpaired) electrons. The lowest BCUT2D eigenvalue weighted by molar-refractivity contribution is 0.185. The van der Waals surface area contributed by atoms with Crippen LogP contribution in [0.3, 0.4) is 0 Å². The van der Waals surface area contributed by atoms with E-state index in [1.165, 1.54) is 24.5 Å². The molecule has 20 heavy (non-hydrogen) atoms. The number of benzene rings is 1. The molecule has 1 heterocycles. The van der Waals surface area contributed by atoms with E-state index in [2.05, 4.69) is 5.32 Å². The highest BCUT2D eigenvalue weighted by Crippen LogP contribution is 2.30. The molecule has 1 aromatic rings. The fraction of sp³-hybridized carbons (Fsp3) is 0.538. The Hall–Kier alpha value is -1.31. The molecular formula is C13H21N3O3S. The summed E-state index contributed by atoms with van der Waals surface area (Å²) >= 11 is 0. The molecule has 0 spiro atoms. The number of nitrogens with zero attached hydrogens (tertiary/aromatic N) is 1. The number of nitrogens with one attached hydrogen (secondary N) is 1. The van der Waals surface area contributed by atoms with Gasteiger partial charge in [-0.3, -0.25) is 0 Å². The maximum Gasteiger partial charge on any atom is 0.242 e. The molecule has 1 aliphatic rings. The first kappa shape index (κ1) is 15.1. The van der Waals surface area contributed by atoms with Gasteiger partial charge in [0.2, 0.25) is 10.0 Å². The van der Waals surface area contributed by atoms with E-state index in [1.54, 1.807) is 12.1 Å². The number of hydrogen-bond acceptors (Lipinski definition) is 5. The van der Waals surface area contributed by atoms with Gasteiger partial charge in [-0.15, -0.1) is 0 Å². The number of ether oxygens (including phenoxy) is 1. The molecule has 1 aliphatic heterocycles. The van der Waals surface area contributed by atoms with Crippen molar-refractivity contribution >= 4 is 21.4 Å². The van der Waals surface area contributed by atoms with Crippen LogP contribution in [-0.2, 0) is 14.8 Å². The molecule has 0 saturated carbocycles. The summed E-state index contributed by atoms with van der Waals surface area (Å²) in [4.78, 5) is 0.224. The van der Waals surface area contributed by atoms with E-state index in [0.717, 1.165) is 6.42 Å². The van der Waals surface area contributed by atoms with Crippen LogP contribution in [0.4, 0.5) is 11.4 Å². The van der Waals surface area contributed by atoms with Crippen LogP contribution >= 0.6 is 0 Å². The van der Waals surface area contributed by atoms with E-state index in [9.17, 15) is 8.42 Å². The summed E-state index contributed by atoms with van der Waals surface area (Å²) < 4.78 is 30.9. The van der Waals surface area contributed by atoms with Crippen molar-refractivity contribution in [1.29, 1.82) is 0 Å². The van der Waals surface area contributed by atoms with Gasteiger partial charge in [-0.25, -0.2) is 12.7 Å². The Morgan fingerprint density at radius 1 is 1.40 bits per heavy atom. The van der Waals surface area contributed by atoms with Crippen LogP contribution in [0.1, 0.15) is 13.3 Å². The molecule has 0 aliphatic carbocycles. The first-order chi connectivity index (χ1) is 9.24. The summed E-state index contributed by atoms with van der Waals surface area (Å²) in [5.41, 5.74) is 6.87. The van der Waals surface area contributed by atoms with Gasteiger partial charge in [-0.05, 0) is 31.5 Å². The van der Waals surface area contributed by atoms with Crippen LogP contribution in [0, 0.1) is 0 Å². The normalized spacial score (nSPS) is 23.2. The van der Waals surface area contributed by atoms with Crippen LogP contribution in [0.15, 0.2) is 23.1 Å². The minimum atomic E-state index is -3.46. The zero-order valence-corrected chi connectivity index (χ0v) is 12.8. The van der Waals surface area contributed by atoms with E-state index in [-0.39, 0.29) is 10.4 Å². The van der Waals surface area contributed by atoms with Crippen LogP contribution in [0.2, 0.25) is 0 Å². The number of anilines is 2. The lowest BCUT2D eigenvalue weighted by Gasteiger charge is -2.26. The second-order valence-electron chi connectivity index (χ2n) is 5.52. The van der Waals surface area contributed by atoms with Gasteiger partial charge in [0.15, 0.2) is 0 Å². The summed E-state index contributed by atoms with van der Waals surface area (Å²) in [6.45, 7) is 3.31. The molecule has 1 aromatic carbocycles. The highest BCUT2D eigenvalue weighted by molar-refractivity contribution is 7.89. The average Bonchev–Trinajstić information content (AvgIpc) is 2.78. The molecular weight excluding hydrogens is 278 g/mol. The Balaban J connectivity index is 2.35. The minimum absolute atomic E-state index is 0.214. The summed E-state index contributed by atoms with van der Waals surface area (Å²) in [6.07, 6.45) is 0.858. The number of rotatable bonds is 4. The molecule has 1 saturated heterocycles. The van der Waals surface area contributed by atoms with Gasteiger partial charge >= 0.3 is 0 Å². The maximum atomic E-state index is 12.1. The lowest BCUT2D eigenvalue weighted by atomic mass is 10.0. The van der Waals surface area contributed by atoms with Crippen LogP contribution in [0.25, 0.3) is 0 Å². The number of hydrogen-bond donors (Lipinski definition) is 2. The van der Waals surface area contributed by atoms with Crippen molar-refractivity contribution in [2.75, 3.05) is 38.4 Å². The predicted molar refractivity (Wildman–Crippen MR) is 79.2 cm³/mol. The second-order valence-corrected chi connectivity index (χ2v) is 7.68. The summed E-state index contributed by atoms with van der Waals surface area (Å²) in [7, 11) is -0.453. The SMILES string of the molecule is CN(C)S(=O)(=O)c1ccc(N)c(NC2(C)CCOC2)c1. The number of sulfonamides is 1. The van der Waals surface area contributed by atoms with Gasteiger partial charge in [0.25, 0.3) is 0 Å². The quantitative estimate of drug-likeness (QED) is 0.814. The summed E-state index contributed by atoms with van der Waals surface area (Å²) in [6, 6.07) is 4.70. The molecule has 6 nitrogen and oxygen atoms in total. The van der Waals surface area contributed by atoms with Gasteiger partial charge in [-0.1, -0.05) is 0 Å². The van der Waals surface area contributed by atoms with Crippen LogP contribution in [-0.4, -0.2) is 45.6 Å². The van der Waals surface area contributed by atoms with Gasteiger partial charge in [0.1, 0.15) is 0 Å². The van der Waals surface area contributed by atoms with Gasteiger partial charge in [0, 0.05) is 20.7 Å². The Morgan fingerprint density at radius 2 is 2.10 bits per heavy atom. The molecule has 112 valence electrons. The summed E-state index contributed by atoms with van der Waals surface area (Å²) in [5.74, 6) is 0. The first-order valence-corrected chi connectivity index (χ1v) is 7.87. The third kappa shape index (κ3) is 2.89. The van der Waals surface area contributed by atoms with Gasteiger partial charge in [0.05, 0.1) is 28.4 Å². The smallest absolute Gasteiger partial charge is 0.242 e. The van der Waals surface area contributed by atoms with Crippen molar-refractivity contribution in [3.8, 4) is 0 Å². The minimum Gasteiger partial charge on any atom is -0.397 e. The molecule has 0 amide bonds. The molecule has 3 N–H and O–H groups in total. The molecule has 1 atom stereocenters. The highest BCUT2D eigenvalue weighted by atomic mass is 32.2. The van der Waals surface area contributed by atoms with Crippen molar-refractivity contribution in [2.45, 2.75) is 23.8 Å². The Kier molecular flexibility index (Phi) is 3.95. The van der Waals surface area contributed by atoms with E-state index in [4.69, 9.17) is 10.5 Å². The van der Waals surface area contributed by atoms with Crippen molar-refractivity contribution in [1.82, 2.24) is 4.31 Å². The fourth-order valence-electron chi connectivity index (χ4n) is 2.11. The molecule has 2 rings (SSSR count). The highest BCUT2D eigenvalue weighted by Gasteiger charge is 2.30. The zero-order chi connectivity index (χ0) is 15.0. The first-order valence-electron chi connectivity index (χ1n) is 6.43. The van der Waals surface area contributed by atoms with Crippen molar-refractivity contribution in [3.63, 3.8) is 0 Å². The second kappa shape index (κ2) is 5.23. The number of nitrogens with two attached hydrogens (primary N) is 1. The maximum absolute atomic E-state index is 12.1. The molecule has 1 fully saturated rings. The van der Waals surface area contributed by atoms with E-state index >= 15 is 0 Å². The van der Waals surface area contributed by atoms with Gasteiger partial charge < -0.3 is 15.8 Å². The van der Waals surface area contributed by atoms with Gasteiger partial charge in [-0.2, -0.15) is 0 Å². The Labute approximate surface area is 120 Å². The molecule has 0 bridgehead atoms. The van der Waals surface area contributed by atoms with E-state index in [1.807, 2.05) is 6.92 Å².